The van der Waals surface area contributed by atoms with Gasteiger partial charge >= 0.3 is 11.9 Å². The summed E-state index contributed by atoms with van der Waals surface area (Å²) in [4.78, 5) is 39.3. The van der Waals surface area contributed by atoms with E-state index in [1.807, 2.05) is 13.8 Å². The Hall–Kier alpha value is -2.15. The predicted molar refractivity (Wildman–Crippen MR) is 119 cm³/mol. The molecule has 1 aromatic rings. The molecule has 5 atom stereocenters. The molecule has 2 saturated carbocycles. The van der Waals surface area contributed by atoms with Crippen LogP contribution in [0.4, 0.5) is 5.00 Å². The lowest BCUT2D eigenvalue weighted by molar-refractivity contribution is -0.148. The average molecular weight is 446 g/mol. The summed E-state index contributed by atoms with van der Waals surface area (Å²) >= 11 is 1.46. The van der Waals surface area contributed by atoms with Crippen molar-refractivity contribution in [3.8, 4) is 0 Å². The second-order valence-corrected chi connectivity index (χ2v) is 10.4. The quantitative estimate of drug-likeness (QED) is 0.507. The number of carboxylic acid groups (broad SMARTS) is 1. The number of carboxylic acids is 1. The first-order chi connectivity index (χ1) is 14.8. The minimum atomic E-state index is -0.907. The Bertz CT molecular complexity index is 957. The minimum absolute atomic E-state index is 0.0308. The number of hydrogen-bond acceptors (Lipinski definition) is 5. The fourth-order valence-electron chi connectivity index (χ4n) is 6.21. The SMILES string of the molecule is CC[C@H]1CCc2c(sc(NC(=O)[C@H]3[C@@H](C(=O)O)[C@H]4CC[C@@H]3C4=C(C)C)c2C(=O)OC)C1. The molecule has 1 heterocycles. The van der Waals surface area contributed by atoms with E-state index < -0.39 is 23.8 Å². The molecule has 2 N–H and O–H groups in total. The van der Waals surface area contributed by atoms with E-state index in [0.29, 0.717) is 16.5 Å². The molecule has 0 unspecified atom stereocenters. The van der Waals surface area contributed by atoms with Gasteiger partial charge in [-0.3, -0.25) is 9.59 Å². The molecule has 6 nitrogen and oxygen atoms in total. The van der Waals surface area contributed by atoms with Crippen LogP contribution in [0.1, 0.15) is 67.3 Å². The summed E-state index contributed by atoms with van der Waals surface area (Å²) in [6, 6.07) is 0. The fraction of sp³-hybridized carbons (Fsp3) is 0.625. The molecule has 4 rings (SSSR count). The number of hydrogen-bond donors (Lipinski definition) is 2. The molecule has 2 fully saturated rings. The standard InChI is InChI=1S/C24H31NO5S/c1-5-12-6-7-13-16(10-12)31-22(20(13)24(29)30-4)25-21(26)18-14-8-9-15(17(14)11(2)3)19(18)23(27)28/h12,14-15,18-19H,5-10H2,1-4H3,(H,25,26)(H,27,28)/t12-,14+,15-,18+,19-/m0/s1. The van der Waals surface area contributed by atoms with Gasteiger partial charge < -0.3 is 15.2 Å². The Morgan fingerprint density at radius 1 is 1.13 bits per heavy atom. The number of rotatable bonds is 5. The topological polar surface area (TPSA) is 92.7 Å². The number of thiophene rings is 1. The zero-order chi connectivity index (χ0) is 22.4. The first-order valence-corrected chi connectivity index (χ1v) is 12.0. The van der Waals surface area contributed by atoms with Crippen LogP contribution in [-0.4, -0.2) is 30.1 Å². The molecule has 2 bridgehead atoms. The first-order valence-electron chi connectivity index (χ1n) is 11.2. The maximum Gasteiger partial charge on any atom is 0.341 e. The molecular weight excluding hydrogens is 414 g/mol. The Kier molecular flexibility index (Phi) is 5.99. The molecule has 0 radical (unpaired) electrons. The van der Waals surface area contributed by atoms with Crippen LogP contribution >= 0.6 is 11.3 Å². The van der Waals surface area contributed by atoms with Crippen molar-refractivity contribution in [3.05, 3.63) is 27.2 Å². The molecule has 0 aromatic carbocycles. The van der Waals surface area contributed by atoms with E-state index in [1.54, 1.807) is 0 Å². The summed E-state index contributed by atoms with van der Waals surface area (Å²) in [6.45, 7) is 6.19. The molecule has 1 aromatic heterocycles. The van der Waals surface area contributed by atoms with Crippen LogP contribution in [0.2, 0.25) is 0 Å². The van der Waals surface area contributed by atoms with E-state index in [9.17, 15) is 19.5 Å². The van der Waals surface area contributed by atoms with Crippen LogP contribution in [0.15, 0.2) is 11.1 Å². The van der Waals surface area contributed by atoms with Gasteiger partial charge in [-0.25, -0.2) is 4.79 Å². The highest BCUT2D eigenvalue weighted by Gasteiger charge is 2.57. The zero-order valence-electron chi connectivity index (χ0n) is 18.6. The number of nitrogens with one attached hydrogen (secondary N) is 1. The molecule has 1 amide bonds. The number of anilines is 1. The van der Waals surface area contributed by atoms with Gasteiger partial charge in [0, 0.05) is 4.88 Å². The van der Waals surface area contributed by atoms with Crippen LogP contribution < -0.4 is 5.32 Å². The predicted octanol–water partition coefficient (Wildman–Crippen LogP) is 4.68. The van der Waals surface area contributed by atoms with Gasteiger partial charge in [0.15, 0.2) is 0 Å². The number of aliphatic carboxylic acids is 1. The Labute approximate surface area is 187 Å². The van der Waals surface area contributed by atoms with Gasteiger partial charge in [0.2, 0.25) is 5.91 Å². The van der Waals surface area contributed by atoms with Gasteiger partial charge in [-0.1, -0.05) is 24.5 Å². The molecule has 3 aliphatic carbocycles. The molecule has 0 saturated heterocycles. The van der Waals surface area contributed by atoms with Crippen molar-refractivity contribution in [1.82, 2.24) is 0 Å². The average Bonchev–Trinajstić information content (AvgIpc) is 3.41. The number of allylic oxidation sites excluding steroid dienone is 2. The monoisotopic (exact) mass is 445 g/mol. The highest BCUT2D eigenvalue weighted by molar-refractivity contribution is 7.17. The molecule has 3 aliphatic rings. The number of amides is 1. The van der Waals surface area contributed by atoms with Crippen LogP contribution in [-0.2, 0) is 27.2 Å². The van der Waals surface area contributed by atoms with Crippen molar-refractivity contribution in [2.45, 2.75) is 59.3 Å². The Balaban J connectivity index is 1.67. The summed E-state index contributed by atoms with van der Waals surface area (Å²) in [7, 11) is 1.35. The van der Waals surface area contributed by atoms with Gasteiger partial charge in [0.25, 0.3) is 0 Å². The number of esters is 1. The van der Waals surface area contributed by atoms with E-state index in [4.69, 9.17) is 4.74 Å². The van der Waals surface area contributed by atoms with E-state index in [1.165, 1.54) is 18.4 Å². The van der Waals surface area contributed by atoms with E-state index in [0.717, 1.165) is 60.1 Å². The minimum Gasteiger partial charge on any atom is -0.481 e. The van der Waals surface area contributed by atoms with Crippen LogP contribution in [0.25, 0.3) is 0 Å². The van der Waals surface area contributed by atoms with Gasteiger partial charge in [0.05, 0.1) is 24.5 Å². The maximum atomic E-state index is 13.4. The summed E-state index contributed by atoms with van der Waals surface area (Å²) in [5.74, 6) is -2.44. The lowest BCUT2D eigenvalue weighted by Gasteiger charge is -2.26. The maximum absolute atomic E-state index is 13.4. The third kappa shape index (κ3) is 3.60. The van der Waals surface area contributed by atoms with E-state index in [-0.39, 0.29) is 17.7 Å². The van der Waals surface area contributed by atoms with Crippen LogP contribution in [0.3, 0.4) is 0 Å². The molecule has 31 heavy (non-hydrogen) atoms. The Morgan fingerprint density at radius 2 is 1.81 bits per heavy atom. The zero-order valence-corrected chi connectivity index (χ0v) is 19.4. The first kappa shape index (κ1) is 22.1. The number of methoxy groups -OCH3 is 1. The van der Waals surface area contributed by atoms with Gasteiger partial charge in [-0.2, -0.15) is 0 Å². The fourth-order valence-corrected chi connectivity index (χ4v) is 7.56. The lowest BCUT2D eigenvalue weighted by atomic mass is 9.78. The highest BCUT2D eigenvalue weighted by atomic mass is 32.1. The number of carbonyl (C=O) groups is 3. The highest BCUT2D eigenvalue weighted by Crippen LogP contribution is 2.57. The normalized spacial score (nSPS) is 28.9. The van der Waals surface area contributed by atoms with Gasteiger partial charge in [-0.15, -0.1) is 11.3 Å². The third-order valence-electron chi connectivity index (χ3n) is 7.58. The number of carbonyl (C=O) groups excluding carboxylic acids is 2. The van der Waals surface area contributed by atoms with Crippen LogP contribution in [0.5, 0.6) is 0 Å². The molecular formula is C24H31NO5S. The van der Waals surface area contributed by atoms with Gasteiger partial charge in [0.1, 0.15) is 5.00 Å². The van der Waals surface area contributed by atoms with Gasteiger partial charge in [-0.05, 0) is 69.3 Å². The van der Waals surface area contributed by atoms with Crippen molar-refractivity contribution in [1.29, 1.82) is 0 Å². The smallest absolute Gasteiger partial charge is 0.341 e. The molecule has 0 spiro atoms. The molecule has 0 aliphatic heterocycles. The van der Waals surface area contributed by atoms with Crippen LogP contribution in [0, 0.1) is 29.6 Å². The van der Waals surface area contributed by atoms with Crippen molar-refractivity contribution in [2.75, 3.05) is 12.4 Å². The van der Waals surface area contributed by atoms with E-state index >= 15 is 0 Å². The number of ether oxygens (including phenoxy) is 1. The second kappa shape index (κ2) is 8.41. The molecule has 7 heteroatoms. The summed E-state index contributed by atoms with van der Waals surface area (Å²) < 4.78 is 5.03. The largest absolute Gasteiger partial charge is 0.481 e. The Morgan fingerprint density at radius 3 is 2.39 bits per heavy atom. The third-order valence-corrected chi connectivity index (χ3v) is 8.75. The second-order valence-electron chi connectivity index (χ2n) is 9.34. The van der Waals surface area contributed by atoms with E-state index in [2.05, 4.69) is 12.2 Å². The lowest BCUT2D eigenvalue weighted by Crippen LogP contribution is -2.38. The van der Waals surface area contributed by atoms with Crippen molar-refractivity contribution in [2.24, 2.45) is 29.6 Å². The van der Waals surface area contributed by atoms with Crippen molar-refractivity contribution >= 4 is 34.2 Å². The van der Waals surface area contributed by atoms with Crippen molar-refractivity contribution < 1.29 is 24.2 Å². The summed E-state index contributed by atoms with van der Waals surface area (Å²) in [5.41, 5.74) is 3.73. The van der Waals surface area contributed by atoms with Crippen molar-refractivity contribution in [3.63, 3.8) is 0 Å². The molecule has 168 valence electrons. The summed E-state index contributed by atoms with van der Waals surface area (Å²) in [6.07, 6.45) is 5.49. The number of fused-ring (bicyclic) bond motifs is 3. The summed E-state index contributed by atoms with van der Waals surface area (Å²) in [5, 5.41) is 13.4.